The van der Waals surface area contributed by atoms with Crippen molar-refractivity contribution in [3.05, 3.63) is 112 Å². The molecule has 2 atom stereocenters. The SMILES string of the molecule is COc1ccc(CN(c2ncccn2)S(=O)(=O)c2ccc3c(ccc(=O)n3-c3cc(Cl)c([C@@H]4C[C@H]4C(F)(F)F)cc3OC)c2)cc1. The van der Waals surface area contributed by atoms with Crippen molar-refractivity contribution in [1.29, 1.82) is 0 Å². The third kappa shape index (κ3) is 5.87. The number of aromatic nitrogens is 3. The van der Waals surface area contributed by atoms with Crippen molar-refractivity contribution in [2.45, 2.75) is 30.0 Å². The van der Waals surface area contributed by atoms with Crippen LogP contribution in [0.2, 0.25) is 5.02 Å². The predicted molar refractivity (Wildman–Crippen MR) is 166 cm³/mol. The Balaban J connectivity index is 1.42. The lowest BCUT2D eigenvalue weighted by Crippen LogP contribution is -2.32. The normalized spacial score (nSPS) is 16.3. The van der Waals surface area contributed by atoms with E-state index in [1.807, 2.05) is 0 Å². The van der Waals surface area contributed by atoms with Gasteiger partial charge in [-0.1, -0.05) is 23.7 Å². The second-order valence-electron chi connectivity index (χ2n) is 10.7. The molecule has 0 radical (unpaired) electrons. The van der Waals surface area contributed by atoms with Gasteiger partial charge in [-0.2, -0.15) is 13.2 Å². The fourth-order valence-electron chi connectivity index (χ4n) is 5.42. The summed E-state index contributed by atoms with van der Waals surface area (Å²) in [7, 11) is -1.37. The van der Waals surface area contributed by atoms with E-state index in [2.05, 4.69) is 9.97 Å². The van der Waals surface area contributed by atoms with Crippen molar-refractivity contribution in [3.8, 4) is 17.2 Å². The first-order chi connectivity index (χ1) is 21.9. The van der Waals surface area contributed by atoms with E-state index in [9.17, 15) is 26.4 Å². The Kier molecular flexibility index (Phi) is 8.15. The molecule has 0 amide bonds. The maximum Gasteiger partial charge on any atom is 0.392 e. The van der Waals surface area contributed by atoms with Crippen molar-refractivity contribution in [2.75, 3.05) is 18.5 Å². The number of methoxy groups -OCH3 is 2. The molecule has 2 aromatic heterocycles. The molecular weight excluding hydrogens is 645 g/mol. The number of hydrogen-bond acceptors (Lipinski definition) is 7. The minimum atomic E-state index is -4.35. The molecule has 46 heavy (non-hydrogen) atoms. The highest BCUT2D eigenvalue weighted by atomic mass is 35.5. The molecule has 0 unspecified atom stereocenters. The number of hydrogen-bond donors (Lipinski definition) is 0. The predicted octanol–water partition coefficient (Wildman–Crippen LogP) is 6.51. The maximum absolute atomic E-state index is 14.1. The Bertz CT molecular complexity index is 2090. The van der Waals surface area contributed by atoms with Gasteiger partial charge in [0.2, 0.25) is 5.95 Å². The van der Waals surface area contributed by atoms with Gasteiger partial charge in [0, 0.05) is 28.9 Å². The average molecular weight is 671 g/mol. The van der Waals surface area contributed by atoms with Crippen molar-refractivity contribution in [2.24, 2.45) is 5.92 Å². The van der Waals surface area contributed by atoms with E-state index < -0.39 is 33.6 Å². The number of benzene rings is 3. The van der Waals surface area contributed by atoms with Crippen LogP contribution in [-0.2, 0) is 16.6 Å². The van der Waals surface area contributed by atoms with E-state index >= 15 is 0 Å². The van der Waals surface area contributed by atoms with Gasteiger partial charge >= 0.3 is 6.18 Å². The third-order valence-corrected chi connectivity index (χ3v) is 9.91. The summed E-state index contributed by atoms with van der Waals surface area (Å²) < 4.78 is 81.2. The van der Waals surface area contributed by atoms with E-state index in [4.69, 9.17) is 21.1 Å². The van der Waals surface area contributed by atoms with Crippen LogP contribution in [0.5, 0.6) is 11.5 Å². The number of fused-ring (bicyclic) bond motifs is 1. The first-order valence-electron chi connectivity index (χ1n) is 14.0. The lowest BCUT2D eigenvalue weighted by molar-refractivity contribution is -0.148. The lowest BCUT2D eigenvalue weighted by atomic mass is 10.1. The minimum Gasteiger partial charge on any atom is -0.497 e. The molecule has 1 saturated carbocycles. The highest BCUT2D eigenvalue weighted by Crippen LogP contribution is 2.58. The fourth-order valence-corrected chi connectivity index (χ4v) is 7.12. The summed E-state index contributed by atoms with van der Waals surface area (Å²) in [5.41, 5.74) is 0.984. The molecule has 238 valence electrons. The summed E-state index contributed by atoms with van der Waals surface area (Å²) in [6, 6.07) is 18.3. The molecule has 2 heterocycles. The first kappa shape index (κ1) is 31.4. The summed E-state index contributed by atoms with van der Waals surface area (Å²) in [4.78, 5) is 21.5. The van der Waals surface area contributed by atoms with Gasteiger partial charge in [0.15, 0.2) is 0 Å². The van der Waals surface area contributed by atoms with Crippen LogP contribution in [-0.4, -0.2) is 43.3 Å². The summed E-state index contributed by atoms with van der Waals surface area (Å²) in [6.45, 7) is -0.0773. The van der Waals surface area contributed by atoms with Crippen LogP contribution in [0, 0.1) is 5.92 Å². The maximum atomic E-state index is 14.1. The Morgan fingerprint density at radius 3 is 2.33 bits per heavy atom. The highest BCUT2D eigenvalue weighted by molar-refractivity contribution is 7.92. The molecule has 0 N–H and O–H groups in total. The molecule has 5 aromatic rings. The van der Waals surface area contributed by atoms with Crippen molar-refractivity contribution >= 4 is 38.5 Å². The molecule has 9 nitrogen and oxygen atoms in total. The van der Waals surface area contributed by atoms with Crippen LogP contribution in [0.3, 0.4) is 0 Å². The summed E-state index contributed by atoms with van der Waals surface area (Å²) >= 11 is 6.48. The summed E-state index contributed by atoms with van der Waals surface area (Å²) in [6.07, 6.45) is -1.55. The molecule has 1 fully saturated rings. The van der Waals surface area contributed by atoms with E-state index in [-0.39, 0.29) is 45.8 Å². The molecule has 1 aliphatic carbocycles. The van der Waals surface area contributed by atoms with E-state index in [0.717, 1.165) is 4.31 Å². The number of anilines is 1. The Hall–Kier alpha value is -4.62. The van der Waals surface area contributed by atoms with Crippen molar-refractivity contribution in [1.82, 2.24) is 14.5 Å². The Labute approximate surface area is 266 Å². The van der Waals surface area contributed by atoms with Gasteiger partial charge in [0.25, 0.3) is 15.6 Å². The number of nitrogens with zero attached hydrogens (tertiary/aromatic N) is 4. The van der Waals surface area contributed by atoms with E-state index in [0.29, 0.717) is 22.2 Å². The number of sulfonamides is 1. The number of alkyl halides is 3. The summed E-state index contributed by atoms with van der Waals surface area (Å²) in [5, 5.41) is 0.452. The minimum absolute atomic E-state index is 0.0359. The molecule has 3 aromatic carbocycles. The van der Waals surface area contributed by atoms with Crippen LogP contribution >= 0.6 is 11.6 Å². The topological polar surface area (TPSA) is 104 Å². The zero-order valence-electron chi connectivity index (χ0n) is 24.4. The number of ether oxygens (including phenoxy) is 2. The summed E-state index contributed by atoms with van der Waals surface area (Å²) in [5.74, 6) is -1.58. The van der Waals surface area contributed by atoms with Gasteiger partial charge in [0.05, 0.1) is 42.8 Å². The van der Waals surface area contributed by atoms with Crippen molar-refractivity contribution in [3.63, 3.8) is 0 Å². The average Bonchev–Trinajstić information content (AvgIpc) is 3.86. The van der Waals surface area contributed by atoms with Gasteiger partial charge in [-0.25, -0.2) is 22.7 Å². The zero-order valence-corrected chi connectivity index (χ0v) is 26.0. The number of pyridine rings is 1. The van der Waals surface area contributed by atoms with Gasteiger partial charge in [-0.05, 0) is 78.1 Å². The van der Waals surface area contributed by atoms with Gasteiger partial charge < -0.3 is 9.47 Å². The highest BCUT2D eigenvalue weighted by Gasteiger charge is 2.56. The van der Waals surface area contributed by atoms with Gasteiger partial charge in [-0.3, -0.25) is 9.36 Å². The van der Waals surface area contributed by atoms with Crippen LogP contribution in [0.25, 0.3) is 16.6 Å². The molecule has 0 saturated heterocycles. The first-order valence-corrected chi connectivity index (χ1v) is 15.8. The van der Waals surface area contributed by atoms with Crippen LogP contribution in [0.15, 0.2) is 94.9 Å². The second-order valence-corrected chi connectivity index (χ2v) is 12.9. The molecule has 6 rings (SSSR count). The van der Waals surface area contributed by atoms with Gasteiger partial charge in [-0.15, -0.1) is 0 Å². The van der Waals surface area contributed by atoms with Crippen LogP contribution in [0.1, 0.15) is 23.5 Å². The van der Waals surface area contributed by atoms with Crippen LogP contribution < -0.4 is 19.3 Å². The zero-order chi connectivity index (χ0) is 32.8. The second kappa shape index (κ2) is 12.0. The molecule has 0 spiro atoms. The molecule has 14 heteroatoms. The molecule has 0 aliphatic heterocycles. The third-order valence-electron chi connectivity index (χ3n) is 7.86. The van der Waals surface area contributed by atoms with Gasteiger partial charge in [0.1, 0.15) is 11.5 Å². The quantitative estimate of drug-likeness (QED) is 0.176. The van der Waals surface area contributed by atoms with E-state index in [1.165, 1.54) is 73.6 Å². The molecular formula is C32H26ClF3N4O5S. The number of rotatable bonds is 9. The molecule has 1 aliphatic rings. The monoisotopic (exact) mass is 670 g/mol. The Morgan fingerprint density at radius 2 is 1.70 bits per heavy atom. The van der Waals surface area contributed by atoms with Crippen molar-refractivity contribution < 1.29 is 31.1 Å². The number of halogens is 4. The van der Waals surface area contributed by atoms with Crippen LogP contribution in [0.4, 0.5) is 19.1 Å². The standard InChI is InChI=1S/C32H26ClF3N4O5S/c1-44-21-7-4-19(5-8-21)18-39(31-37-12-3-13-38-31)46(42,43)22-9-10-27-20(14-22)6-11-30(41)40(27)28-17-26(33)24(16-29(28)45-2)23-15-25(23)32(34,35)36/h3-14,16-17,23,25H,15,18H2,1-2H3/t23-,25+/m0/s1. The Morgan fingerprint density at radius 1 is 0.978 bits per heavy atom. The fraction of sp³-hybridized carbons (Fsp3) is 0.219. The van der Waals surface area contributed by atoms with E-state index in [1.54, 1.807) is 30.3 Å². The lowest BCUT2D eigenvalue weighted by Gasteiger charge is -2.23. The largest absolute Gasteiger partial charge is 0.497 e. The smallest absolute Gasteiger partial charge is 0.392 e. The molecule has 0 bridgehead atoms.